The van der Waals surface area contributed by atoms with Crippen LogP contribution in [0.5, 0.6) is 0 Å². The number of hydrogen-bond acceptors (Lipinski definition) is 2. The van der Waals surface area contributed by atoms with E-state index < -0.39 is 0 Å². The van der Waals surface area contributed by atoms with Gasteiger partial charge in [0.25, 0.3) is 0 Å². The summed E-state index contributed by atoms with van der Waals surface area (Å²) in [6.45, 7) is 0. The Labute approximate surface area is 113 Å². The van der Waals surface area contributed by atoms with Gasteiger partial charge in [-0.05, 0) is 18.2 Å². The van der Waals surface area contributed by atoms with Gasteiger partial charge in [-0.1, -0.05) is 40.9 Å². The van der Waals surface area contributed by atoms with Gasteiger partial charge in [0, 0.05) is 27.4 Å². The molecule has 0 amide bonds. The molecular formula is C12H5Cl3N2. The van der Waals surface area contributed by atoms with Crippen molar-refractivity contribution in [3.63, 3.8) is 0 Å². The summed E-state index contributed by atoms with van der Waals surface area (Å²) in [6.07, 6.45) is 1.54. The lowest BCUT2D eigenvalue weighted by atomic mass is 10.1. The lowest BCUT2D eigenvalue weighted by molar-refractivity contribution is 1.30. The number of halogens is 3. The van der Waals surface area contributed by atoms with E-state index in [1.54, 1.807) is 24.3 Å². The van der Waals surface area contributed by atoms with Crippen molar-refractivity contribution >= 4 is 34.8 Å². The van der Waals surface area contributed by atoms with Gasteiger partial charge in [-0.25, -0.2) is 4.98 Å². The predicted molar refractivity (Wildman–Crippen MR) is 69.4 cm³/mol. The van der Waals surface area contributed by atoms with Gasteiger partial charge < -0.3 is 0 Å². The van der Waals surface area contributed by atoms with E-state index in [2.05, 4.69) is 4.98 Å². The molecule has 0 spiro atoms. The van der Waals surface area contributed by atoms with Crippen molar-refractivity contribution in [2.24, 2.45) is 0 Å². The van der Waals surface area contributed by atoms with E-state index in [0.717, 1.165) is 0 Å². The van der Waals surface area contributed by atoms with Gasteiger partial charge in [0.1, 0.15) is 11.2 Å². The second-order valence-electron chi connectivity index (χ2n) is 3.27. The minimum Gasteiger partial charge on any atom is -0.243 e. The van der Waals surface area contributed by atoms with Crippen molar-refractivity contribution in [1.82, 2.24) is 4.98 Å². The summed E-state index contributed by atoms with van der Waals surface area (Å²) in [5, 5.41) is 10.1. The van der Waals surface area contributed by atoms with Crippen molar-refractivity contribution in [3.8, 4) is 17.2 Å². The molecule has 1 heterocycles. The number of hydrogen-bond donors (Lipinski definition) is 0. The molecule has 0 saturated heterocycles. The second kappa shape index (κ2) is 4.93. The molecule has 1 aromatic carbocycles. The number of rotatable bonds is 1. The van der Waals surface area contributed by atoms with E-state index >= 15 is 0 Å². The third-order valence-corrected chi connectivity index (χ3v) is 3.14. The van der Waals surface area contributed by atoms with Crippen molar-refractivity contribution in [3.05, 3.63) is 51.2 Å². The fourth-order valence-corrected chi connectivity index (χ4v) is 2.20. The Morgan fingerprint density at radius 2 is 1.76 bits per heavy atom. The molecule has 84 valence electrons. The lowest BCUT2D eigenvalue weighted by Gasteiger charge is -2.07. The standard InChI is InChI=1S/C12H5Cl3N2/c13-9-2-1-3-10(14)11(9)8-4-7(5-16)12(15)17-6-8/h1-4,6H. The molecule has 0 N–H and O–H groups in total. The number of nitriles is 1. The van der Waals surface area contributed by atoms with E-state index in [1.807, 2.05) is 6.07 Å². The third kappa shape index (κ3) is 2.37. The van der Waals surface area contributed by atoms with Crippen molar-refractivity contribution in [1.29, 1.82) is 5.26 Å². The Kier molecular flexibility index (Phi) is 3.54. The van der Waals surface area contributed by atoms with Crippen LogP contribution in [-0.2, 0) is 0 Å². The van der Waals surface area contributed by atoms with Crippen LogP contribution in [0.4, 0.5) is 0 Å². The monoisotopic (exact) mass is 282 g/mol. The molecule has 0 aliphatic carbocycles. The zero-order valence-electron chi connectivity index (χ0n) is 8.42. The molecule has 0 fully saturated rings. The van der Waals surface area contributed by atoms with Crippen LogP contribution in [0.3, 0.4) is 0 Å². The summed E-state index contributed by atoms with van der Waals surface area (Å²) in [5.41, 5.74) is 1.61. The van der Waals surface area contributed by atoms with Crippen molar-refractivity contribution in [2.45, 2.75) is 0 Å². The molecular weight excluding hydrogens is 279 g/mol. The number of benzene rings is 1. The maximum atomic E-state index is 8.89. The Morgan fingerprint density at radius 1 is 1.12 bits per heavy atom. The topological polar surface area (TPSA) is 36.7 Å². The van der Waals surface area contributed by atoms with Crippen LogP contribution >= 0.6 is 34.8 Å². The Balaban J connectivity index is 2.66. The summed E-state index contributed by atoms with van der Waals surface area (Å²) >= 11 is 17.9. The first-order chi connectivity index (χ1) is 8.13. The molecule has 0 aliphatic rings. The summed E-state index contributed by atoms with van der Waals surface area (Å²) in [5.74, 6) is 0. The molecule has 1 aromatic heterocycles. The smallest absolute Gasteiger partial charge is 0.146 e. The van der Waals surface area contributed by atoms with Gasteiger partial charge in [0.05, 0.1) is 5.56 Å². The normalized spacial score (nSPS) is 10.0. The Morgan fingerprint density at radius 3 is 2.35 bits per heavy atom. The molecule has 0 atom stereocenters. The SMILES string of the molecule is N#Cc1cc(-c2c(Cl)cccc2Cl)cnc1Cl. The molecule has 0 aliphatic heterocycles. The Hall–Kier alpha value is -1.27. The van der Waals surface area contributed by atoms with Gasteiger partial charge in [-0.3, -0.25) is 0 Å². The minimum absolute atomic E-state index is 0.166. The third-order valence-electron chi connectivity index (χ3n) is 2.21. The van der Waals surface area contributed by atoms with Crippen LogP contribution in [0, 0.1) is 11.3 Å². The highest BCUT2D eigenvalue weighted by Gasteiger charge is 2.11. The summed E-state index contributed by atoms with van der Waals surface area (Å²) in [7, 11) is 0. The molecule has 0 saturated carbocycles. The highest BCUT2D eigenvalue weighted by atomic mass is 35.5. The van der Waals surface area contributed by atoms with E-state index in [1.165, 1.54) is 6.20 Å². The van der Waals surface area contributed by atoms with Crippen LogP contribution in [0.2, 0.25) is 15.2 Å². The molecule has 0 radical (unpaired) electrons. The second-order valence-corrected chi connectivity index (χ2v) is 4.44. The van der Waals surface area contributed by atoms with E-state index in [0.29, 0.717) is 26.7 Å². The van der Waals surface area contributed by atoms with Gasteiger partial charge in [0.15, 0.2) is 0 Å². The first kappa shape index (κ1) is 12.2. The van der Waals surface area contributed by atoms with Gasteiger partial charge in [0.2, 0.25) is 0 Å². The quantitative estimate of drug-likeness (QED) is 0.718. The maximum absolute atomic E-state index is 8.89. The van der Waals surface area contributed by atoms with Gasteiger partial charge in [-0.2, -0.15) is 5.26 Å². The predicted octanol–water partition coefficient (Wildman–Crippen LogP) is 4.58. The molecule has 2 rings (SSSR count). The fourth-order valence-electron chi connectivity index (χ4n) is 1.44. The molecule has 2 aromatic rings. The zero-order valence-corrected chi connectivity index (χ0v) is 10.7. The van der Waals surface area contributed by atoms with Gasteiger partial charge in [-0.15, -0.1) is 0 Å². The van der Waals surface area contributed by atoms with Crippen molar-refractivity contribution < 1.29 is 0 Å². The van der Waals surface area contributed by atoms with Crippen LogP contribution in [0.15, 0.2) is 30.5 Å². The Bertz CT molecular complexity index is 597. The van der Waals surface area contributed by atoms with E-state index in [-0.39, 0.29) is 5.15 Å². The fraction of sp³-hybridized carbons (Fsp3) is 0. The average molecular weight is 284 g/mol. The van der Waals surface area contributed by atoms with Crippen LogP contribution in [0.1, 0.15) is 5.56 Å². The average Bonchev–Trinajstić information content (AvgIpc) is 2.31. The highest BCUT2D eigenvalue weighted by Crippen LogP contribution is 2.35. The van der Waals surface area contributed by atoms with Crippen molar-refractivity contribution in [2.75, 3.05) is 0 Å². The summed E-state index contributed by atoms with van der Waals surface area (Å²) in [4.78, 5) is 3.93. The molecule has 17 heavy (non-hydrogen) atoms. The highest BCUT2D eigenvalue weighted by molar-refractivity contribution is 6.39. The van der Waals surface area contributed by atoms with Crippen LogP contribution < -0.4 is 0 Å². The molecule has 0 unspecified atom stereocenters. The first-order valence-corrected chi connectivity index (χ1v) is 5.77. The summed E-state index contributed by atoms with van der Waals surface area (Å²) < 4.78 is 0. The number of nitrogens with zero attached hydrogens (tertiary/aromatic N) is 2. The largest absolute Gasteiger partial charge is 0.243 e. The van der Waals surface area contributed by atoms with Gasteiger partial charge >= 0.3 is 0 Å². The minimum atomic E-state index is 0.166. The van der Waals surface area contributed by atoms with E-state index in [4.69, 9.17) is 40.1 Å². The summed E-state index contributed by atoms with van der Waals surface area (Å²) in [6, 6.07) is 8.78. The first-order valence-electron chi connectivity index (χ1n) is 4.63. The number of pyridine rings is 1. The van der Waals surface area contributed by atoms with Crippen LogP contribution in [-0.4, -0.2) is 4.98 Å². The van der Waals surface area contributed by atoms with E-state index in [9.17, 15) is 0 Å². The lowest BCUT2D eigenvalue weighted by Crippen LogP contribution is -1.87. The molecule has 2 nitrogen and oxygen atoms in total. The number of aromatic nitrogens is 1. The zero-order chi connectivity index (χ0) is 12.4. The molecule has 5 heteroatoms. The molecule has 0 bridgehead atoms. The van der Waals surface area contributed by atoms with Crippen LogP contribution in [0.25, 0.3) is 11.1 Å². The maximum Gasteiger partial charge on any atom is 0.146 e.